The van der Waals surface area contributed by atoms with E-state index in [9.17, 15) is 4.79 Å². The second-order valence-corrected chi connectivity index (χ2v) is 5.83. The molecule has 1 saturated heterocycles. The van der Waals surface area contributed by atoms with Crippen molar-refractivity contribution in [3.63, 3.8) is 0 Å². The minimum absolute atomic E-state index is 0.176. The van der Waals surface area contributed by atoms with Crippen molar-refractivity contribution in [2.24, 2.45) is 5.41 Å². The number of nitrogens with one attached hydrogen (secondary N) is 2. The predicted molar refractivity (Wildman–Crippen MR) is 79.5 cm³/mol. The average molecular weight is 276 g/mol. The number of alkyl carbamates (subject to hydrolysis) is 1. The van der Waals surface area contributed by atoms with E-state index in [-0.39, 0.29) is 11.5 Å². The maximum Gasteiger partial charge on any atom is 0.407 e. The molecule has 0 spiro atoms. The quantitative estimate of drug-likeness (QED) is 0.889. The van der Waals surface area contributed by atoms with Crippen molar-refractivity contribution in [2.75, 3.05) is 19.6 Å². The van der Waals surface area contributed by atoms with Gasteiger partial charge in [-0.25, -0.2) is 4.79 Å². The van der Waals surface area contributed by atoms with Crippen LogP contribution in [0.15, 0.2) is 30.3 Å². The molecular weight excluding hydrogens is 252 g/mol. The number of carbonyl (C=O) groups excluding carboxylic acids is 1. The van der Waals surface area contributed by atoms with Crippen LogP contribution in [0.2, 0.25) is 0 Å². The molecule has 0 radical (unpaired) electrons. The Morgan fingerprint density at radius 2 is 2.10 bits per heavy atom. The number of ether oxygens (including phenoxy) is 1. The van der Waals surface area contributed by atoms with E-state index in [1.165, 1.54) is 0 Å². The van der Waals surface area contributed by atoms with E-state index in [2.05, 4.69) is 17.6 Å². The molecule has 110 valence electrons. The van der Waals surface area contributed by atoms with Crippen LogP contribution < -0.4 is 10.6 Å². The van der Waals surface area contributed by atoms with E-state index in [0.29, 0.717) is 13.2 Å². The van der Waals surface area contributed by atoms with E-state index in [0.717, 1.165) is 37.9 Å². The van der Waals surface area contributed by atoms with Crippen LogP contribution in [0.3, 0.4) is 0 Å². The first-order valence-corrected chi connectivity index (χ1v) is 7.33. The van der Waals surface area contributed by atoms with Gasteiger partial charge in [0.15, 0.2) is 0 Å². The van der Waals surface area contributed by atoms with Crippen molar-refractivity contribution in [3.8, 4) is 0 Å². The summed E-state index contributed by atoms with van der Waals surface area (Å²) in [5.74, 6) is 0. The van der Waals surface area contributed by atoms with E-state index < -0.39 is 0 Å². The molecule has 1 aliphatic heterocycles. The number of benzene rings is 1. The zero-order valence-electron chi connectivity index (χ0n) is 12.2. The van der Waals surface area contributed by atoms with Crippen molar-refractivity contribution in [2.45, 2.75) is 32.8 Å². The van der Waals surface area contributed by atoms with Gasteiger partial charge in [0.25, 0.3) is 0 Å². The summed E-state index contributed by atoms with van der Waals surface area (Å²) in [6.45, 7) is 5.34. The minimum Gasteiger partial charge on any atom is -0.445 e. The minimum atomic E-state index is -0.327. The van der Waals surface area contributed by atoms with Crippen LogP contribution in [-0.4, -0.2) is 25.7 Å². The molecule has 0 saturated carbocycles. The topological polar surface area (TPSA) is 50.4 Å². The third-order valence-corrected chi connectivity index (χ3v) is 3.91. The van der Waals surface area contributed by atoms with Gasteiger partial charge in [-0.15, -0.1) is 0 Å². The molecule has 20 heavy (non-hydrogen) atoms. The molecule has 4 nitrogen and oxygen atoms in total. The molecule has 0 bridgehead atoms. The molecule has 2 rings (SSSR count). The molecule has 1 heterocycles. The van der Waals surface area contributed by atoms with Crippen LogP contribution in [-0.2, 0) is 11.3 Å². The Morgan fingerprint density at radius 3 is 2.90 bits per heavy atom. The predicted octanol–water partition coefficient (Wildman–Crippen LogP) is 2.69. The zero-order valence-corrected chi connectivity index (χ0v) is 12.2. The van der Waals surface area contributed by atoms with Gasteiger partial charge in [0.2, 0.25) is 0 Å². The Balaban J connectivity index is 1.71. The lowest BCUT2D eigenvalue weighted by molar-refractivity contribution is 0.132. The highest BCUT2D eigenvalue weighted by atomic mass is 16.5. The molecule has 1 aromatic rings. The lowest BCUT2D eigenvalue weighted by atomic mass is 9.83. The largest absolute Gasteiger partial charge is 0.445 e. The van der Waals surface area contributed by atoms with Gasteiger partial charge in [-0.2, -0.15) is 0 Å². The van der Waals surface area contributed by atoms with Crippen LogP contribution in [0.5, 0.6) is 0 Å². The fourth-order valence-corrected chi connectivity index (χ4v) is 2.52. The summed E-state index contributed by atoms with van der Waals surface area (Å²) in [7, 11) is 0. The molecule has 0 aromatic heterocycles. The van der Waals surface area contributed by atoms with Crippen LogP contribution >= 0.6 is 0 Å². The molecule has 0 unspecified atom stereocenters. The second kappa shape index (κ2) is 7.29. The van der Waals surface area contributed by atoms with Crippen molar-refractivity contribution < 1.29 is 9.53 Å². The van der Waals surface area contributed by atoms with Gasteiger partial charge >= 0.3 is 6.09 Å². The lowest BCUT2D eigenvalue weighted by Crippen LogP contribution is -2.36. The van der Waals surface area contributed by atoms with Crippen LogP contribution in [0.1, 0.15) is 31.7 Å². The van der Waals surface area contributed by atoms with E-state index in [4.69, 9.17) is 4.74 Å². The number of hydrogen-bond acceptors (Lipinski definition) is 3. The van der Waals surface area contributed by atoms with Crippen LogP contribution in [0, 0.1) is 5.41 Å². The summed E-state index contributed by atoms with van der Waals surface area (Å²) in [6, 6.07) is 9.73. The fraction of sp³-hybridized carbons (Fsp3) is 0.562. The van der Waals surface area contributed by atoms with Gasteiger partial charge in [0.1, 0.15) is 6.61 Å². The SMILES string of the molecule is C[C@]1(CNC(=O)OCc2ccccc2)CCCNCC1. The highest BCUT2D eigenvalue weighted by molar-refractivity contribution is 5.67. The average Bonchev–Trinajstić information content (AvgIpc) is 2.69. The Morgan fingerprint density at radius 1 is 1.30 bits per heavy atom. The van der Waals surface area contributed by atoms with E-state index in [1.54, 1.807) is 0 Å². The Labute approximate surface area is 120 Å². The molecule has 1 fully saturated rings. The molecule has 1 amide bonds. The first-order chi connectivity index (χ1) is 9.68. The maximum atomic E-state index is 11.7. The number of rotatable bonds is 4. The first kappa shape index (κ1) is 14.9. The van der Waals surface area contributed by atoms with Crippen LogP contribution in [0.4, 0.5) is 4.79 Å². The summed E-state index contributed by atoms with van der Waals surface area (Å²) in [6.07, 6.45) is 3.06. The molecule has 1 atom stereocenters. The first-order valence-electron chi connectivity index (χ1n) is 7.33. The lowest BCUT2D eigenvalue weighted by Gasteiger charge is -2.27. The van der Waals surface area contributed by atoms with Gasteiger partial charge in [-0.05, 0) is 43.3 Å². The highest BCUT2D eigenvalue weighted by Crippen LogP contribution is 2.27. The van der Waals surface area contributed by atoms with E-state index >= 15 is 0 Å². The zero-order chi connectivity index (χ0) is 14.3. The summed E-state index contributed by atoms with van der Waals surface area (Å²) >= 11 is 0. The summed E-state index contributed by atoms with van der Waals surface area (Å²) in [5, 5.41) is 6.29. The van der Waals surface area contributed by atoms with Crippen molar-refractivity contribution in [1.29, 1.82) is 0 Å². The molecule has 4 heteroatoms. The molecule has 1 aromatic carbocycles. The number of hydrogen-bond donors (Lipinski definition) is 2. The normalized spacial score (nSPS) is 22.9. The van der Waals surface area contributed by atoms with Gasteiger partial charge < -0.3 is 15.4 Å². The molecular formula is C16H24N2O2. The van der Waals surface area contributed by atoms with E-state index in [1.807, 2.05) is 30.3 Å². The monoisotopic (exact) mass is 276 g/mol. The van der Waals surface area contributed by atoms with Crippen molar-refractivity contribution in [1.82, 2.24) is 10.6 Å². The third-order valence-electron chi connectivity index (χ3n) is 3.91. The van der Waals surface area contributed by atoms with Gasteiger partial charge in [0, 0.05) is 6.54 Å². The van der Waals surface area contributed by atoms with Gasteiger partial charge in [-0.3, -0.25) is 0 Å². The summed E-state index contributed by atoms with van der Waals surface area (Å²) < 4.78 is 5.23. The van der Waals surface area contributed by atoms with Crippen LogP contribution in [0.25, 0.3) is 0 Å². The van der Waals surface area contributed by atoms with Crippen molar-refractivity contribution in [3.05, 3.63) is 35.9 Å². The Hall–Kier alpha value is -1.55. The smallest absolute Gasteiger partial charge is 0.407 e. The highest BCUT2D eigenvalue weighted by Gasteiger charge is 2.26. The summed E-state index contributed by atoms with van der Waals surface area (Å²) in [4.78, 5) is 11.7. The van der Waals surface area contributed by atoms with Gasteiger partial charge in [-0.1, -0.05) is 37.3 Å². The third kappa shape index (κ3) is 4.85. The standard InChI is InChI=1S/C16H24N2O2/c1-16(8-5-10-17-11-9-16)13-18-15(19)20-12-14-6-3-2-4-7-14/h2-4,6-7,17H,5,8-13H2,1H3,(H,18,19)/t16-/m0/s1. The molecule has 2 N–H and O–H groups in total. The fourth-order valence-electron chi connectivity index (χ4n) is 2.52. The Kier molecular flexibility index (Phi) is 5.41. The molecule has 1 aliphatic rings. The number of amides is 1. The second-order valence-electron chi connectivity index (χ2n) is 5.83. The molecule has 0 aliphatic carbocycles. The van der Waals surface area contributed by atoms with Crippen molar-refractivity contribution >= 4 is 6.09 Å². The Bertz CT molecular complexity index is 412. The maximum absolute atomic E-state index is 11.7. The summed E-state index contributed by atoms with van der Waals surface area (Å²) in [5.41, 5.74) is 1.18. The number of carbonyl (C=O) groups is 1. The van der Waals surface area contributed by atoms with Gasteiger partial charge in [0.05, 0.1) is 0 Å².